The number of allylic oxidation sites excluding steroid dienone is 1. The van der Waals surface area contributed by atoms with Crippen molar-refractivity contribution in [3.8, 4) is 0 Å². The van der Waals surface area contributed by atoms with Gasteiger partial charge in [0.05, 0.1) is 11.8 Å². The Bertz CT molecular complexity index is 1080. The van der Waals surface area contributed by atoms with Crippen LogP contribution in [0, 0.1) is 0 Å². The van der Waals surface area contributed by atoms with Crippen LogP contribution < -0.4 is 11.2 Å². The average Bonchev–Trinajstić information content (AvgIpc) is 2.71. The molecule has 142 valence electrons. The van der Waals surface area contributed by atoms with Gasteiger partial charge < -0.3 is 9.72 Å². The van der Waals surface area contributed by atoms with Crippen LogP contribution in [0.2, 0.25) is 0 Å². The number of hydrogen-bond donors (Lipinski definition) is 2. The fraction of sp³-hybridized carbons (Fsp3) is 0.136. The van der Waals surface area contributed by atoms with Gasteiger partial charge in [-0.1, -0.05) is 67.6 Å². The summed E-state index contributed by atoms with van der Waals surface area (Å²) in [6.07, 6.45) is 3.17. The summed E-state index contributed by atoms with van der Waals surface area (Å²) in [5.74, 6) is -0.858. The van der Waals surface area contributed by atoms with Crippen molar-refractivity contribution >= 4 is 5.78 Å². The minimum atomic E-state index is -0.718. The van der Waals surface area contributed by atoms with Crippen LogP contribution in [0.4, 0.5) is 0 Å². The van der Waals surface area contributed by atoms with Gasteiger partial charge in [-0.15, -0.1) is 0 Å². The van der Waals surface area contributed by atoms with Gasteiger partial charge in [-0.05, 0) is 11.6 Å². The van der Waals surface area contributed by atoms with Gasteiger partial charge >= 0.3 is 5.69 Å². The molecule has 1 atom stereocenters. The summed E-state index contributed by atoms with van der Waals surface area (Å²) in [6.45, 7) is 2.15. The molecule has 0 radical (unpaired) electrons. The van der Waals surface area contributed by atoms with E-state index in [9.17, 15) is 14.4 Å². The average molecular weight is 376 g/mol. The summed E-state index contributed by atoms with van der Waals surface area (Å²) in [5.41, 5.74) is 0.268. The van der Waals surface area contributed by atoms with Gasteiger partial charge in [0.1, 0.15) is 12.3 Å². The van der Waals surface area contributed by atoms with Crippen molar-refractivity contribution < 1.29 is 9.53 Å². The van der Waals surface area contributed by atoms with Crippen LogP contribution in [-0.4, -0.2) is 15.8 Å². The molecule has 6 heteroatoms. The molecule has 0 bridgehead atoms. The highest BCUT2D eigenvalue weighted by Gasteiger charge is 2.21. The second-order valence-electron chi connectivity index (χ2n) is 6.31. The van der Waals surface area contributed by atoms with Crippen LogP contribution in [-0.2, 0) is 11.3 Å². The first kappa shape index (κ1) is 19.1. The Morgan fingerprint density at radius 3 is 2.32 bits per heavy atom. The fourth-order valence-electron chi connectivity index (χ4n) is 2.83. The van der Waals surface area contributed by atoms with E-state index >= 15 is 0 Å². The van der Waals surface area contributed by atoms with Crippen molar-refractivity contribution in [3.63, 3.8) is 0 Å². The monoisotopic (exact) mass is 376 g/mol. The van der Waals surface area contributed by atoms with E-state index in [1.807, 2.05) is 30.3 Å². The van der Waals surface area contributed by atoms with Crippen molar-refractivity contribution in [1.29, 1.82) is 0 Å². The lowest BCUT2D eigenvalue weighted by Gasteiger charge is -2.11. The second kappa shape index (κ2) is 8.81. The molecule has 0 spiro atoms. The Morgan fingerprint density at radius 2 is 1.64 bits per heavy atom. The molecule has 0 aliphatic carbocycles. The number of ether oxygens (including phenoxy) is 1. The lowest BCUT2D eigenvalue weighted by atomic mass is 9.96. The van der Waals surface area contributed by atoms with Crippen molar-refractivity contribution in [2.45, 2.75) is 19.4 Å². The van der Waals surface area contributed by atoms with Crippen LogP contribution >= 0.6 is 0 Å². The number of H-pyrrole nitrogens is 2. The number of carbonyl (C=O) groups excluding carboxylic acids is 1. The van der Waals surface area contributed by atoms with Crippen LogP contribution in [0.5, 0.6) is 0 Å². The lowest BCUT2D eigenvalue weighted by Crippen LogP contribution is -2.31. The quantitative estimate of drug-likeness (QED) is 0.489. The van der Waals surface area contributed by atoms with Crippen molar-refractivity contribution in [1.82, 2.24) is 9.97 Å². The maximum Gasteiger partial charge on any atom is 0.326 e. The molecule has 1 unspecified atom stereocenters. The Hall–Kier alpha value is -3.67. The molecule has 6 nitrogen and oxygen atoms in total. The number of ketones is 1. The number of hydrogen-bond acceptors (Lipinski definition) is 4. The molecule has 0 saturated carbocycles. The zero-order chi connectivity index (χ0) is 19.9. The Morgan fingerprint density at radius 1 is 1.00 bits per heavy atom. The molecule has 0 aliphatic heterocycles. The SMILES string of the molecule is CC(/C=C/OCc1ccccc1)c1c(C(=O)c2ccccc2)[nH]c(=O)[nH]c1=O. The van der Waals surface area contributed by atoms with E-state index in [1.54, 1.807) is 43.3 Å². The number of aromatic nitrogens is 2. The van der Waals surface area contributed by atoms with Crippen LogP contribution in [0.25, 0.3) is 0 Å². The van der Waals surface area contributed by atoms with E-state index in [0.717, 1.165) is 5.56 Å². The number of rotatable bonds is 7. The topological polar surface area (TPSA) is 92.0 Å². The third-order valence-corrected chi connectivity index (χ3v) is 4.25. The van der Waals surface area contributed by atoms with E-state index in [2.05, 4.69) is 9.97 Å². The summed E-state index contributed by atoms with van der Waals surface area (Å²) < 4.78 is 5.51. The Kier molecular flexibility index (Phi) is 6.01. The summed E-state index contributed by atoms with van der Waals surface area (Å²) in [5, 5.41) is 0. The molecule has 3 aromatic rings. The van der Waals surface area contributed by atoms with E-state index in [0.29, 0.717) is 12.2 Å². The van der Waals surface area contributed by atoms with Gasteiger partial charge in [-0.3, -0.25) is 14.6 Å². The van der Waals surface area contributed by atoms with E-state index in [1.165, 1.54) is 6.26 Å². The third-order valence-electron chi connectivity index (χ3n) is 4.25. The minimum Gasteiger partial charge on any atom is -0.497 e. The zero-order valence-electron chi connectivity index (χ0n) is 15.3. The second-order valence-corrected chi connectivity index (χ2v) is 6.31. The Balaban J connectivity index is 1.84. The van der Waals surface area contributed by atoms with Gasteiger partial charge in [0.2, 0.25) is 5.78 Å². The highest BCUT2D eigenvalue weighted by molar-refractivity contribution is 6.08. The predicted octanol–water partition coefficient (Wildman–Crippen LogP) is 3.13. The van der Waals surface area contributed by atoms with Gasteiger partial charge in [-0.2, -0.15) is 0 Å². The number of benzene rings is 2. The molecule has 28 heavy (non-hydrogen) atoms. The van der Waals surface area contributed by atoms with E-state index in [-0.39, 0.29) is 11.3 Å². The van der Waals surface area contributed by atoms with Crippen LogP contribution in [0.1, 0.15) is 40.0 Å². The summed E-state index contributed by atoms with van der Waals surface area (Å²) in [4.78, 5) is 41.6. The fourth-order valence-corrected chi connectivity index (χ4v) is 2.83. The van der Waals surface area contributed by atoms with Gasteiger partial charge in [0.15, 0.2) is 0 Å². The smallest absolute Gasteiger partial charge is 0.326 e. The van der Waals surface area contributed by atoms with Crippen LogP contribution in [0.15, 0.2) is 82.6 Å². The summed E-state index contributed by atoms with van der Waals surface area (Å²) >= 11 is 0. The summed E-state index contributed by atoms with van der Waals surface area (Å²) in [7, 11) is 0. The standard InChI is InChI=1S/C22H20N2O4/c1-15(12-13-28-14-16-8-4-2-5-9-16)18-19(23-22(27)24-21(18)26)20(25)17-10-6-3-7-11-17/h2-13,15H,14H2,1H3,(H2,23,24,26,27)/b13-12+. The van der Waals surface area contributed by atoms with E-state index < -0.39 is 23.0 Å². The first-order valence-corrected chi connectivity index (χ1v) is 8.84. The number of carbonyl (C=O) groups is 1. The van der Waals surface area contributed by atoms with Gasteiger partial charge in [0, 0.05) is 11.5 Å². The molecule has 0 aliphatic rings. The molecule has 0 amide bonds. The number of aromatic amines is 2. The van der Waals surface area contributed by atoms with Gasteiger partial charge in [-0.25, -0.2) is 4.79 Å². The van der Waals surface area contributed by atoms with Crippen LogP contribution in [0.3, 0.4) is 0 Å². The largest absolute Gasteiger partial charge is 0.497 e. The first-order valence-electron chi connectivity index (χ1n) is 8.84. The zero-order valence-corrected chi connectivity index (χ0v) is 15.3. The highest BCUT2D eigenvalue weighted by atomic mass is 16.5. The highest BCUT2D eigenvalue weighted by Crippen LogP contribution is 2.18. The molecule has 0 saturated heterocycles. The predicted molar refractivity (Wildman–Crippen MR) is 106 cm³/mol. The maximum atomic E-state index is 12.8. The molecule has 0 fully saturated rings. The van der Waals surface area contributed by atoms with Gasteiger partial charge in [0.25, 0.3) is 5.56 Å². The van der Waals surface area contributed by atoms with E-state index in [4.69, 9.17) is 4.74 Å². The van der Waals surface area contributed by atoms with Crippen molar-refractivity contribution in [2.24, 2.45) is 0 Å². The molecule has 3 rings (SSSR count). The molecule has 1 heterocycles. The molecule has 1 aromatic heterocycles. The van der Waals surface area contributed by atoms with Crippen molar-refractivity contribution in [3.05, 3.63) is 116 Å². The van der Waals surface area contributed by atoms with Crippen molar-refractivity contribution in [2.75, 3.05) is 0 Å². The molecular formula is C22H20N2O4. The number of nitrogens with one attached hydrogen (secondary N) is 2. The minimum absolute atomic E-state index is 0.0137. The summed E-state index contributed by atoms with van der Waals surface area (Å²) in [6, 6.07) is 18.2. The normalized spacial score (nSPS) is 12.0. The lowest BCUT2D eigenvalue weighted by molar-refractivity contribution is 0.103. The first-order chi connectivity index (χ1) is 13.6. The maximum absolute atomic E-state index is 12.8. The third kappa shape index (κ3) is 4.54. The molecule has 2 N–H and O–H groups in total. The molecule has 2 aromatic carbocycles. The molecular weight excluding hydrogens is 356 g/mol. The Labute approximate surface area is 161 Å².